The van der Waals surface area contributed by atoms with Gasteiger partial charge in [0.25, 0.3) is 0 Å². The Hall–Kier alpha value is -1.47. The Morgan fingerprint density at radius 2 is 1.13 bits per heavy atom. The summed E-state index contributed by atoms with van der Waals surface area (Å²) >= 11 is 0. The summed E-state index contributed by atoms with van der Waals surface area (Å²) < 4.78 is 0. The molecule has 15 heavy (non-hydrogen) atoms. The van der Waals surface area contributed by atoms with Crippen molar-refractivity contribution in [1.82, 2.24) is 0 Å². The van der Waals surface area contributed by atoms with Gasteiger partial charge in [-0.15, -0.1) is 5.69 Å². The van der Waals surface area contributed by atoms with Gasteiger partial charge in [0.1, 0.15) is 0 Å². The van der Waals surface area contributed by atoms with E-state index < -0.39 is 0 Å². The second-order valence-corrected chi connectivity index (χ2v) is 3.20. The van der Waals surface area contributed by atoms with Gasteiger partial charge in [0.15, 0.2) is 0 Å². The van der Waals surface area contributed by atoms with E-state index in [9.17, 15) is 0 Å². The molecular weight excluding hydrogens is 231 g/mol. The van der Waals surface area contributed by atoms with Crippen molar-refractivity contribution in [3.8, 4) is 11.1 Å². The first-order valence-corrected chi connectivity index (χ1v) is 4.43. The number of nitrogens with one attached hydrogen (secondary N) is 1. The van der Waals surface area contributed by atoms with Gasteiger partial charge in [-0.25, -0.2) is 0 Å². The fraction of sp³-hybridized carbons (Fsp3) is 0. The van der Waals surface area contributed by atoms with E-state index in [1.807, 2.05) is 36.4 Å². The van der Waals surface area contributed by atoms with Crippen LogP contribution in [0.25, 0.3) is 16.9 Å². The molecule has 2 aromatic rings. The molecule has 0 aliphatic heterocycles. The third-order valence-corrected chi connectivity index (χ3v) is 2.13. The quantitative estimate of drug-likeness (QED) is 0.602. The van der Waals surface area contributed by atoms with Crippen LogP contribution in [0.1, 0.15) is 0 Å². The fourth-order valence-corrected chi connectivity index (χ4v) is 1.34. The molecule has 0 saturated heterocycles. The first kappa shape index (κ1) is 11.6. The maximum atomic E-state index is 7.37. The predicted octanol–water partition coefficient (Wildman–Crippen LogP) is 3.62. The largest absolute Gasteiger partial charge is 3.00 e. The van der Waals surface area contributed by atoms with Gasteiger partial charge in [0.05, 0.1) is 0 Å². The Bertz CT molecular complexity index is 377. The molecule has 0 aromatic heterocycles. The molecule has 0 aliphatic carbocycles. The molecule has 77 valence electrons. The van der Waals surface area contributed by atoms with Gasteiger partial charge >= 0.3 is 16.5 Å². The van der Waals surface area contributed by atoms with Gasteiger partial charge in [0, 0.05) is 5.69 Å². The molecule has 0 saturated carbocycles. The van der Waals surface area contributed by atoms with Crippen molar-refractivity contribution >= 4 is 11.4 Å². The van der Waals surface area contributed by atoms with Crippen LogP contribution >= 0.6 is 0 Å². The zero-order valence-electron chi connectivity index (χ0n) is 8.01. The summed E-state index contributed by atoms with van der Waals surface area (Å²) in [4.78, 5) is 0. The number of anilines is 1. The van der Waals surface area contributed by atoms with E-state index >= 15 is 0 Å². The fourth-order valence-electron chi connectivity index (χ4n) is 1.34. The first-order valence-electron chi connectivity index (χ1n) is 4.43. The van der Waals surface area contributed by atoms with Crippen molar-refractivity contribution in [3.05, 3.63) is 54.3 Å². The third kappa shape index (κ3) is 2.74. The van der Waals surface area contributed by atoms with Crippen molar-refractivity contribution in [2.24, 2.45) is 0 Å². The summed E-state index contributed by atoms with van der Waals surface area (Å²) in [5.41, 5.74) is 16.5. The molecule has 0 unspecified atom stereocenters. The molecule has 0 aliphatic rings. The normalized spacial score (nSPS) is 9.33. The molecule has 0 spiro atoms. The summed E-state index contributed by atoms with van der Waals surface area (Å²) in [6.07, 6.45) is 0. The van der Waals surface area contributed by atoms with Crippen LogP contribution in [0.2, 0.25) is 0 Å². The molecule has 0 fully saturated rings. The second-order valence-electron chi connectivity index (χ2n) is 3.20. The smallest absolute Gasteiger partial charge is 0.699 e. The maximum absolute atomic E-state index is 7.37. The molecule has 3 heteroatoms. The Morgan fingerprint density at radius 3 is 1.60 bits per heavy atom. The van der Waals surface area contributed by atoms with Crippen LogP contribution in [0, 0.1) is 0 Å². The van der Waals surface area contributed by atoms with Crippen molar-refractivity contribution in [2.75, 3.05) is 5.73 Å². The SMILES string of the molecule is [NH-]c1ccc(-c2ccc(N)cc2)cc1.[Ni+3]. The summed E-state index contributed by atoms with van der Waals surface area (Å²) in [6, 6.07) is 15.2. The summed E-state index contributed by atoms with van der Waals surface area (Å²) in [5.74, 6) is 0. The van der Waals surface area contributed by atoms with E-state index in [1.165, 1.54) is 0 Å². The van der Waals surface area contributed by atoms with Crippen LogP contribution in [0.3, 0.4) is 0 Å². The molecule has 1 radical (unpaired) electrons. The van der Waals surface area contributed by atoms with Crippen LogP contribution in [-0.4, -0.2) is 0 Å². The average molecular weight is 242 g/mol. The van der Waals surface area contributed by atoms with Crippen LogP contribution in [0.4, 0.5) is 11.4 Å². The topological polar surface area (TPSA) is 49.8 Å². The molecule has 2 nitrogen and oxygen atoms in total. The van der Waals surface area contributed by atoms with Crippen molar-refractivity contribution < 1.29 is 16.5 Å². The number of hydrogen-bond donors (Lipinski definition) is 1. The molecule has 0 amide bonds. The van der Waals surface area contributed by atoms with Crippen molar-refractivity contribution in [1.29, 1.82) is 0 Å². The van der Waals surface area contributed by atoms with Crippen LogP contribution < -0.4 is 5.73 Å². The van der Waals surface area contributed by atoms with Gasteiger partial charge in [-0.3, -0.25) is 0 Å². The molecule has 0 bridgehead atoms. The molecular formula is C12H11N2Ni+2. The minimum atomic E-state index is 0. The number of rotatable bonds is 1. The molecule has 2 rings (SSSR count). The summed E-state index contributed by atoms with van der Waals surface area (Å²) in [6.45, 7) is 0. The molecule has 2 aromatic carbocycles. The van der Waals surface area contributed by atoms with Gasteiger partial charge in [-0.05, 0) is 23.3 Å². The number of nitrogens with two attached hydrogens (primary N) is 1. The Kier molecular flexibility index (Phi) is 3.76. The van der Waals surface area contributed by atoms with Gasteiger partial charge in [-0.2, -0.15) is 0 Å². The Balaban J connectivity index is 0.00000112. The summed E-state index contributed by atoms with van der Waals surface area (Å²) in [5, 5.41) is 0. The van der Waals surface area contributed by atoms with E-state index in [2.05, 4.69) is 0 Å². The van der Waals surface area contributed by atoms with E-state index in [-0.39, 0.29) is 16.5 Å². The Morgan fingerprint density at radius 1 is 0.733 bits per heavy atom. The zero-order chi connectivity index (χ0) is 9.97. The molecule has 3 N–H and O–H groups in total. The van der Waals surface area contributed by atoms with E-state index in [0.29, 0.717) is 5.69 Å². The van der Waals surface area contributed by atoms with Crippen LogP contribution in [-0.2, 0) is 16.5 Å². The van der Waals surface area contributed by atoms with Crippen LogP contribution in [0.15, 0.2) is 48.5 Å². The maximum Gasteiger partial charge on any atom is 3.00 e. The minimum absolute atomic E-state index is 0. The van der Waals surface area contributed by atoms with E-state index in [1.54, 1.807) is 12.1 Å². The predicted molar refractivity (Wildman–Crippen MR) is 60.3 cm³/mol. The van der Waals surface area contributed by atoms with Gasteiger partial charge in [-0.1, -0.05) is 36.4 Å². The molecule has 0 atom stereocenters. The first-order chi connectivity index (χ1) is 6.75. The summed E-state index contributed by atoms with van der Waals surface area (Å²) in [7, 11) is 0. The zero-order valence-corrected chi connectivity index (χ0v) is 9.00. The van der Waals surface area contributed by atoms with Gasteiger partial charge < -0.3 is 11.5 Å². The Labute approximate surface area is 99.2 Å². The average Bonchev–Trinajstić information content (AvgIpc) is 2.21. The molecule has 0 heterocycles. The number of hydrogen-bond acceptors (Lipinski definition) is 1. The van der Waals surface area contributed by atoms with Crippen molar-refractivity contribution in [3.63, 3.8) is 0 Å². The number of nitrogen functional groups attached to an aromatic ring is 1. The standard InChI is InChI=1S/C12H11N2.Ni/c13-11-5-1-9(2-6-11)10-3-7-12(14)8-4-10;/h1-8,13H,14H2;/q-1;+3. The van der Waals surface area contributed by atoms with Crippen molar-refractivity contribution in [2.45, 2.75) is 0 Å². The number of benzene rings is 2. The van der Waals surface area contributed by atoms with Gasteiger partial charge in [0.2, 0.25) is 0 Å². The van der Waals surface area contributed by atoms with E-state index in [4.69, 9.17) is 11.5 Å². The van der Waals surface area contributed by atoms with E-state index in [0.717, 1.165) is 16.8 Å². The third-order valence-electron chi connectivity index (χ3n) is 2.13. The minimum Gasteiger partial charge on any atom is -0.699 e. The van der Waals surface area contributed by atoms with Crippen LogP contribution in [0.5, 0.6) is 0 Å². The second kappa shape index (κ2) is 4.85. The monoisotopic (exact) mass is 241 g/mol.